The number of carbonyl (C=O) groups is 1. The van der Waals surface area contributed by atoms with Gasteiger partial charge in [0.15, 0.2) is 5.12 Å². The summed E-state index contributed by atoms with van der Waals surface area (Å²) >= 11 is 5.64. The van der Waals surface area contributed by atoms with Crippen LogP contribution >= 0.6 is 24.0 Å². The molecule has 0 aromatic heterocycles. The molecule has 1 aromatic rings. The van der Waals surface area contributed by atoms with Crippen molar-refractivity contribution in [1.82, 2.24) is 0 Å². The Balaban J connectivity index is 2.65. The maximum atomic E-state index is 10.8. The van der Waals surface area contributed by atoms with Gasteiger partial charge in [-0.15, -0.1) is 0 Å². The average Bonchev–Trinajstić information content (AvgIpc) is 2.38. The fraction of sp³-hybridized carbons (Fsp3) is 0.385. The molecule has 0 amide bonds. The van der Waals surface area contributed by atoms with E-state index in [1.54, 1.807) is 24.3 Å². The zero-order valence-corrected chi connectivity index (χ0v) is 12.1. The Morgan fingerprint density at radius 2 is 2.26 bits per heavy atom. The second kappa shape index (κ2) is 8.19. The molecule has 4 nitrogen and oxygen atoms in total. The summed E-state index contributed by atoms with van der Waals surface area (Å²) in [4.78, 5) is 14.6. The minimum atomic E-state index is -1.01. The molecule has 102 valence electrons. The highest BCUT2D eigenvalue weighted by Gasteiger charge is 2.18. The number of rotatable bonds is 6. The molecular formula is C13H15NO3S2. The van der Waals surface area contributed by atoms with Crippen LogP contribution in [-0.2, 0) is 4.79 Å². The van der Waals surface area contributed by atoms with Crippen LogP contribution in [0.4, 0.5) is 5.69 Å². The highest BCUT2D eigenvalue weighted by molar-refractivity contribution is 8.13. The molecule has 6 heteroatoms. The number of carbonyl (C=O) groups excluding carboxylic acids is 1. The monoisotopic (exact) mass is 297 g/mol. The Bertz CT molecular complexity index is 487. The van der Waals surface area contributed by atoms with Gasteiger partial charge in [-0.25, -0.2) is 0 Å². The van der Waals surface area contributed by atoms with Crippen LogP contribution in [0.25, 0.3) is 0 Å². The van der Waals surface area contributed by atoms with E-state index < -0.39 is 12.2 Å². The molecule has 0 saturated carbocycles. The summed E-state index contributed by atoms with van der Waals surface area (Å²) in [5.74, 6) is 0.478. The number of benzene rings is 1. The zero-order valence-electron chi connectivity index (χ0n) is 10.4. The predicted molar refractivity (Wildman–Crippen MR) is 79.9 cm³/mol. The Kier molecular flexibility index (Phi) is 6.91. The molecule has 0 aliphatic rings. The molecule has 0 bridgehead atoms. The molecule has 2 unspecified atom stereocenters. The first-order chi connectivity index (χ1) is 9.04. The summed E-state index contributed by atoms with van der Waals surface area (Å²) in [6, 6.07) is 6.80. The van der Waals surface area contributed by atoms with Crippen LogP contribution < -0.4 is 0 Å². The largest absolute Gasteiger partial charge is 0.390 e. The number of hydrogen-bond donors (Lipinski definition) is 2. The number of thioether (sulfide) groups is 1. The quantitative estimate of drug-likeness (QED) is 0.623. The molecular weight excluding hydrogens is 282 g/mol. The summed E-state index contributed by atoms with van der Waals surface area (Å²) in [6.07, 6.45) is -1.59. The third-order valence-electron chi connectivity index (χ3n) is 2.47. The Labute approximate surface area is 121 Å². The fourth-order valence-electron chi connectivity index (χ4n) is 1.53. The first-order valence-electron chi connectivity index (χ1n) is 5.72. The van der Waals surface area contributed by atoms with E-state index in [4.69, 9.17) is 0 Å². The number of aliphatic hydroxyl groups is 2. The lowest BCUT2D eigenvalue weighted by atomic mass is 10.0. The predicted octanol–water partition coefficient (Wildman–Crippen LogP) is 2.49. The molecule has 0 spiro atoms. The minimum absolute atomic E-state index is 0.000919. The first kappa shape index (κ1) is 16.0. The summed E-state index contributed by atoms with van der Waals surface area (Å²) in [5, 5.41) is 22.1. The lowest BCUT2D eigenvalue weighted by Crippen LogP contribution is -2.19. The first-order valence-corrected chi connectivity index (χ1v) is 7.11. The number of aliphatic hydroxyl groups excluding tert-OH is 2. The van der Waals surface area contributed by atoms with Gasteiger partial charge in [-0.1, -0.05) is 23.9 Å². The van der Waals surface area contributed by atoms with Gasteiger partial charge in [-0.05, 0) is 36.3 Å². The SMILES string of the molecule is CC(=O)SCCC(O)C(O)c1cccc(N=C=S)c1. The van der Waals surface area contributed by atoms with Crippen LogP contribution in [-0.4, -0.2) is 32.3 Å². The molecule has 2 atom stereocenters. The smallest absolute Gasteiger partial charge is 0.185 e. The van der Waals surface area contributed by atoms with E-state index in [0.29, 0.717) is 23.4 Å². The summed E-state index contributed by atoms with van der Waals surface area (Å²) in [5.41, 5.74) is 1.14. The highest BCUT2D eigenvalue weighted by atomic mass is 32.2. The molecule has 0 aliphatic carbocycles. The normalized spacial score (nSPS) is 13.4. The number of isothiocyanates is 1. The van der Waals surface area contributed by atoms with Crippen molar-refractivity contribution in [2.24, 2.45) is 4.99 Å². The maximum Gasteiger partial charge on any atom is 0.185 e. The van der Waals surface area contributed by atoms with E-state index in [1.807, 2.05) is 0 Å². The van der Waals surface area contributed by atoms with Gasteiger partial charge in [0.05, 0.1) is 17.0 Å². The van der Waals surface area contributed by atoms with Gasteiger partial charge in [-0.2, -0.15) is 4.99 Å². The van der Waals surface area contributed by atoms with E-state index in [9.17, 15) is 15.0 Å². The van der Waals surface area contributed by atoms with Crippen molar-refractivity contribution in [3.05, 3.63) is 29.8 Å². The van der Waals surface area contributed by atoms with Crippen LogP contribution in [0.15, 0.2) is 29.3 Å². The van der Waals surface area contributed by atoms with E-state index in [-0.39, 0.29) is 5.12 Å². The molecule has 1 rings (SSSR count). The van der Waals surface area contributed by atoms with Gasteiger partial charge in [0.25, 0.3) is 0 Å². The lowest BCUT2D eigenvalue weighted by molar-refractivity contribution is -0.109. The van der Waals surface area contributed by atoms with Crippen molar-refractivity contribution in [2.45, 2.75) is 25.6 Å². The highest BCUT2D eigenvalue weighted by Crippen LogP contribution is 2.24. The summed E-state index contributed by atoms with van der Waals surface area (Å²) in [7, 11) is 0. The molecule has 0 fully saturated rings. The maximum absolute atomic E-state index is 10.8. The van der Waals surface area contributed by atoms with Gasteiger partial charge >= 0.3 is 0 Å². The van der Waals surface area contributed by atoms with Crippen molar-refractivity contribution >= 4 is 39.9 Å². The molecule has 0 heterocycles. The number of thiocarbonyl (C=S) groups is 1. The van der Waals surface area contributed by atoms with Crippen molar-refractivity contribution in [3.63, 3.8) is 0 Å². The molecule has 2 N–H and O–H groups in total. The third kappa shape index (κ3) is 5.63. The molecule has 0 aliphatic heterocycles. The fourth-order valence-corrected chi connectivity index (χ4v) is 2.29. The van der Waals surface area contributed by atoms with Gasteiger partial charge in [-0.3, -0.25) is 4.79 Å². The van der Waals surface area contributed by atoms with Crippen molar-refractivity contribution in [2.75, 3.05) is 5.75 Å². The topological polar surface area (TPSA) is 69.9 Å². The van der Waals surface area contributed by atoms with Crippen LogP contribution in [0.5, 0.6) is 0 Å². The van der Waals surface area contributed by atoms with E-state index in [2.05, 4.69) is 22.4 Å². The zero-order chi connectivity index (χ0) is 14.3. The molecule has 1 aromatic carbocycles. The van der Waals surface area contributed by atoms with Crippen molar-refractivity contribution in [1.29, 1.82) is 0 Å². The third-order valence-corrected chi connectivity index (χ3v) is 3.41. The second-order valence-electron chi connectivity index (χ2n) is 3.94. The van der Waals surface area contributed by atoms with Crippen LogP contribution in [0.3, 0.4) is 0 Å². The Morgan fingerprint density at radius 3 is 2.89 bits per heavy atom. The van der Waals surface area contributed by atoms with Crippen LogP contribution in [0.2, 0.25) is 0 Å². The van der Waals surface area contributed by atoms with Crippen molar-refractivity contribution < 1.29 is 15.0 Å². The van der Waals surface area contributed by atoms with E-state index in [0.717, 1.165) is 11.8 Å². The van der Waals surface area contributed by atoms with Crippen LogP contribution in [0, 0.1) is 0 Å². The van der Waals surface area contributed by atoms with Gasteiger partial charge in [0.2, 0.25) is 0 Å². The number of aliphatic imine (C=N–C) groups is 1. The Morgan fingerprint density at radius 1 is 1.53 bits per heavy atom. The summed E-state index contributed by atoms with van der Waals surface area (Å²) in [6.45, 7) is 1.47. The molecule has 0 saturated heterocycles. The van der Waals surface area contributed by atoms with Gasteiger partial charge in [0.1, 0.15) is 6.10 Å². The number of hydrogen-bond acceptors (Lipinski definition) is 6. The van der Waals surface area contributed by atoms with Gasteiger partial charge in [0, 0.05) is 12.7 Å². The molecule has 19 heavy (non-hydrogen) atoms. The second-order valence-corrected chi connectivity index (χ2v) is 5.39. The van der Waals surface area contributed by atoms with Crippen molar-refractivity contribution in [3.8, 4) is 0 Å². The molecule has 0 radical (unpaired) electrons. The standard InChI is InChI=1S/C13H15NO3S2/c1-9(15)19-6-5-12(16)13(17)10-3-2-4-11(7-10)14-8-18/h2-4,7,12-13,16-17H,5-6H2,1H3. The number of nitrogens with zero attached hydrogens (tertiary/aromatic N) is 1. The minimum Gasteiger partial charge on any atom is -0.390 e. The summed E-state index contributed by atoms with van der Waals surface area (Å²) < 4.78 is 0. The lowest BCUT2D eigenvalue weighted by Gasteiger charge is -2.17. The van der Waals surface area contributed by atoms with E-state index in [1.165, 1.54) is 6.92 Å². The average molecular weight is 297 g/mol. The Hall–Kier alpha value is -1.04. The van der Waals surface area contributed by atoms with Gasteiger partial charge < -0.3 is 10.2 Å². The van der Waals surface area contributed by atoms with Crippen LogP contribution in [0.1, 0.15) is 25.0 Å². The van der Waals surface area contributed by atoms with E-state index >= 15 is 0 Å².